The van der Waals surface area contributed by atoms with E-state index >= 15 is 0 Å². The van der Waals surface area contributed by atoms with Gasteiger partial charge >= 0.3 is 0 Å². The SMILES string of the molecule is NC(=NCc1cccc2ccccc12)NC1CCOc2ccccc21. The number of fused-ring (bicyclic) bond motifs is 2. The summed E-state index contributed by atoms with van der Waals surface area (Å²) in [5.41, 5.74) is 8.46. The van der Waals surface area contributed by atoms with Crippen LogP contribution in [0.5, 0.6) is 5.75 Å². The van der Waals surface area contributed by atoms with Crippen LogP contribution in [0.15, 0.2) is 71.7 Å². The van der Waals surface area contributed by atoms with Gasteiger partial charge in [-0.1, -0.05) is 60.7 Å². The molecule has 0 saturated heterocycles. The molecule has 0 fully saturated rings. The predicted octanol–water partition coefficient (Wildman–Crippen LogP) is 3.77. The van der Waals surface area contributed by atoms with Crippen molar-refractivity contribution in [2.75, 3.05) is 6.61 Å². The van der Waals surface area contributed by atoms with Crippen LogP contribution in [-0.2, 0) is 6.54 Å². The van der Waals surface area contributed by atoms with Crippen molar-refractivity contribution in [3.8, 4) is 5.75 Å². The largest absolute Gasteiger partial charge is 0.493 e. The Labute approximate surface area is 147 Å². The van der Waals surface area contributed by atoms with Crippen molar-refractivity contribution in [3.63, 3.8) is 0 Å². The van der Waals surface area contributed by atoms with Crippen molar-refractivity contribution in [3.05, 3.63) is 77.9 Å². The lowest BCUT2D eigenvalue weighted by Gasteiger charge is -2.26. The van der Waals surface area contributed by atoms with E-state index in [0.29, 0.717) is 19.1 Å². The zero-order valence-electron chi connectivity index (χ0n) is 14.0. The molecule has 1 aliphatic heterocycles. The van der Waals surface area contributed by atoms with Crippen LogP contribution in [0.4, 0.5) is 0 Å². The van der Waals surface area contributed by atoms with Gasteiger partial charge in [-0.05, 0) is 22.4 Å². The molecule has 1 aliphatic rings. The number of hydrogen-bond acceptors (Lipinski definition) is 2. The second-order valence-corrected chi connectivity index (χ2v) is 6.21. The van der Waals surface area contributed by atoms with Gasteiger partial charge in [0.1, 0.15) is 5.75 Å². The molecule has 0 radical (unpaired) electrons. The summed E-state index contributed by atoms with van der Waals surface area (Å²) in [6.07, 6.45) is 0.876. The fourth-order valence-electron chi connectivity index (χ4n) is 3.32. The number of ether oxygens (including phenoxy) is 1. The highest BCUT2D eigenvalue weighted by Crippen LogP contribution is 2.31. The molecule has 1 unspecified atom stereocenters. The van der Waals surface area contributed by atoms with Gasteiger partial charge in [0.15, 0.2) is 5.96 Å². The lowest BCUT2D eigenvalue weighted by atomic mass is 10.0. The molecule has 25 heavy (non-hydrogen) atoms. The Morgan fingerprint density at radius 2 is 1.84 bits per heavy atom. The van der Waals surface area contributed by atoms with Gasteiger partial charge in [0.2, 0.25) is 0 Å². The molecule has 4 nitrogen and oxygen atoms in total. The van der Waals surface area contributed by atoms with Crippen LogP contribution in [-0.4, -0.2) is 12.6 Å². The summed E-state index contributed by atoms with van der Waals surface area (Å²) in [7, 11) is 0. The van der Waals surface area contributed by atoms with Crippen molar-refractivity contribution >= 4 is 16.7 Å². The minimum absolute atomic E-state index is 0.140. The maximum Gasteiger partial charge on any atom is 0.189 e. The summed E-state index contributed by atoms with van der Waals surface area (Å²) >= 11 is 0. The number of nitrogens with two attached hydrogens (primary N) is 1. The normalized spacial score (nSPS) is 17.0. The second kappa shape index (κ2) is 6.85. The van der Waals surface area contributed by atoms with E-state index in [9.17, 15) is 0 Å². The number of nitrogens with zero attached hydrogens (tertiary/aromatic N) is 1. The van der Waals surface area contributed by atoms with Crippen molar-refractivity contribution in [1.29, 1.82) is 0 Å². The van der Waals surface area contributed by atoms with Gasteiger partial charge in [-0.15, -0.1) is 0 Å². The molecule has 0 amide bonds. The molecule has 1 atom stereocenters. The lowest BCUT2D eigenvalue weighted by Crippen LogP contribution is -2.37. The van der Waals surface area contributed by atoms with E-state index in [-0.39, 0.29) is 6.04 Å². The lowest BCUT2D eigenvalue weighted by molar-refractivity contribution is 0.262. The highest BCUT2D eigenvalue weighted by Gasteiger charge is 2.21. The fourth-order valence-corrected chi connectivity index (χ4v) is 3.32. The molecule has 4 rings (SSSR count). The molecule has 3 aromatic carbocycles. The zero-order valence-corrected chi connectivity index (χ0v) is 14.0. The summed E-state index contributed by atoms with van der Waals surface area (Å²) in [5.74, 6) is 1.39. The highest BCUT2D eigenvalue weighted by molar-refractivity contribution is 5.86. The van der Waals surface area contributed by atoms with Crippen molar-refractivity contribution in [1.82, 2.24) is 5.32 Å². The number of hydrogen-bond donors (Lipinski definition) is 2. The molecule has 0 spiro atoms. The average molecular weight is 331 g/mol. The molecule has 4 heteroatoms. The first-order valence-electron chi connectivity index (χ1n) is 8.56. The van der Waals surface area contributed by atoms with E-state index in [0.717, 1.165) is 17.7 Å². The molecule has 0 aliphatic carbocycles. The van der Waals surface area contributed by atoms with Gasteiger partial charge in [-0.2, -0.15) is 0 Å². The Balaban J connectivity index is 1.51. The van der Waals surface area contributed by atoms with Crippen LogP contribution < -0.4 is 15.8 Å². The Bertz CT molecular complexity index is 914. The molecule has 0 bridgehead atoms. The molecular weight excluding hydrogens is 310 g/mol. The summed E-state index contributed by atoms with van der Waals surface area (Å²) < 4.78 is 5.69. The third-order valence-electron chi connectivity index (χ3n) is 4.58. The van der Waals surface area contributed by atoms with E-state index in [1.807, 2.05) is 24.3 Å². The fraction of sp³-hybridized carbons (Fsp3) is 0.190. The van der Waals surface area contributed by atoms with Crippen molar-refractivity contribution in [2.24, 2.45) is 10.7 Å². The van der Waals surface area contributed by atoms with Crippen LogP contribution in [0.1, 0.15) is 23.6 Å². The van der Waals surface area contributed by atoms with Gasteiger partial charge in [-0.3, -0.25) is 0 Å². The topological polar surface area (TPSA) is 59.6 Å². The first-order chi connectivity index (χ1) is 12.3. The second-order valence-electron chi connectivity index (χ2n) is 6.21. The Kier molecular flexibility index (Phi) is 4.25. The first kappa shape index (κ1) is 15.5. The summed E-state index contributed by atoms with van der Waals surface area (Å²) in [5, 5.41) is 5.78. The smallest absolute Gasteiger partial charge is 0.189 e. The van der Waals surface area contributed by atoms with E-state index in [1.165, 1.54) is 16.3 Å². The minimum atomic E-state index is 0.140. The zero-order chi connectivity index (χ0) is 17.1. The number of guanidine groups is 1. The van der Waals surface area contributed by atoms with E-state index < -0.39 is 0 Å². The number of benzene rings is 3. The van der Waals surface area contributed by atoms with E-state index in [2.05, 4.69) is 52.8 Å². The number of para-hydroxylation sites is 1. The maximum atomic E-state index is 6.15. The molecule has 3 N–H and O–H groups in total. The summed E-state index contributed by atoms with van der Waals surface area (Å²) in [6, 6.07) is 22.8. The Morgan fingerprint density at radius 1 is 1.04 bits per heavy atom. The van der Waals surface area contributed by atoms with Gasteiger partial charge in [0.25, 0.3) is 0 Å². The van der Waals surface area contributed by atoms with Crippen LogP contribution in [0, 0.1) is 0 Å². The molecule has 3 aromatic rings. The van der Waals surface area contributed by atoms with Crippen LogP contribution in [0.2, 0.25) is 0 Å². The van der Waals surface area contributed by atoms with Gasteiger partial charge in [-0.25, -0.2) is 4.99 Å². The van der Waals surface area contributed by atoms with E-state index in [4.69, 9.17) is 10.5 Å². The third kappa shape index (κ3) is 3.29. The number of aliphatic imine (C=N–C) groups is 1. The van der Waals surface area contributed by atoms with Gasteiger partial charge < -0.3 is 15.8 Å². The van der Waals surface area contributed by atoms with Crippen molar-refractivity contribution in [2.45, 2.75) is 19.0 Å². The highest BCUT2D eigenvalue weighted by atomic mass is 16.5. The molecule has 1 heterocycles. The van der Waals surface area contributed by atoms with Gasteiger partial charge in [0, 0.05) is 12.0 Å². The summed E-state index contributed by atoms with van der Waals surface area (Å²) in [6.45, 7) is 1.25. The monoisotopic (exact) mass is 331 g/mol. The van der Waals surface area contributed by atoms with E-state index in [1.54, 1.807) is 0 Å². The quantitative estimate of drug-likeness (QED) is 0.567. The summed E-state index contributed by atoms with van der Waals surface area (Å²) in [4.78, 5) is 4.55. The maximum absolute atomic E-state index is 6.15. The van der Waals surface area contributed by atoms with Crippen LogP contribution >= 0.6 is 0 Å². The molecule has 0 aromatic heterocycles. The number of rotatable bonds is 3. The standard InChI is InChI=1S/C21H21N3O/c22-21(24-19-12-13-25-20-11-4-3-10-18(19)20)23-14-16-8-5-7-15-6-1-2-9-17(15)16/h1-11,19H,12-14H2,(H3,22,23,24). The first-order valence-corrected chi connectivity index (χ1v) is 8.56. The third-order valence-corrected chi connectivity index (χ3v) is 4.58. The Hall–Kier alpha value is -3.01. The van der Waals surface area contributed by atoms with Gasteiger partial charge in [0.05, 0.1) is 19.2 Å². The number of nitrogens with one attached hydrogen (secondary N) is 1. The van der Waals surface area contributed by atoms with Crippen LogP contribution in [0.3, 0.4) is 0 Å². The predicted molar refractivity (Wildman–Crippen MR) is 102 cm³/mol. The molecule has 0 saturated carbocycles. The molecular formula is C21H21N3O. The van der Waals surface area contributed by atoms with Crippen molar-refractivity contribution < 1.29 is 4.74 Å². The minimum Gasteiger partial charge on any atom is -0.493 e. The molecule has 126 valence electrons. The average Bonchev–Trinajstić information content (AvgIpc) is 2.66. The van der Waals surface area contributed by atoms with Crippen LogP contribution in [0.25, 0.3) is 10.8 Å². The Morgan fingerprint density at radius 3 is 2.80 bits per heavy atom.